The Morgan fingerprint density at radius 3 is 2.17 bits per heavy atom. The highest BCUT2D eigenvalue weighted by atomic mass is 15.5. The van der Waals surface area contributed by atoms with Crippen molar-refractivity contribution in [3.05, 3.63) is 23.5 Å². The molecule has 18 heavy (non-hydrogen) atoms. The summed E-state index contributed by atoms with van der Waals surface area (Å²) in [6, 6.07) is 0.360. The second-order valence-corrected chi connectivity index (χ2v) is 5.01. The van der Waals surface area contributed by atoms with Crippen molar-refractivity contribution in [3.8, 4) is 0 Å². The van der Waals surface area contributed by atoms with E-state index >= 15 is 0 Å². The van der Waals surface area contributed by atoms with Crippen molar-refractivity contribution in [2.75, 3.05) is 0 Å². The Hall–Kier alpha value is -1.58. The molecule has 0 aromatic rings. The first kappa shape index (κ1) is 14.5. The molecular weight excluding hydrogens is 224 g/mol. The van der Waals surface area contributed by atoms with Gasteiger partial charge in [0.15, 0.2) is 5.84 Å². The SMILES string of the molecule is C=NN(/C(=N/C(=C)C)C(N)=C(C)C)C1CCCC1. The molecule has 0 bridgehead atoms. The first-order valence-electron chi connectivity index (χ1n) is 6.40. The standard InChI is InChI=1S/C14H24N4/c1-10(2)13(15)14(17-11(3)4)18(16-5)12-8-6-7-9-12/h12H,3,5-9,15H2,1-2,4H3/b17-14+. The molecular formula is C14H24N4. The van der Waals surface area contributed by atoms with Gasteiger partial charge in [0.25, 0.3) is 0 Å². The van der Waals surface area contributed by atoms with Gasteiger partial charge in [0.1, 0.15) is 0 Å². The Balaban J connectivity index is 3.11. The van der Waals surface area contributed by atoms with Gasteiger partial charge in [-0.15, -0.1) is 0 Å². The molecule has 0 aromatic carbocycles. The number of nitrogens with two attached hydrogens (primary N) is 1. The molecule has 0 aromatic heterocycles. The Labute approximate surface area is 110 Å². The first-order chi connectivity index (χ1) is 8.47. The summed E-state index contributed by atoms with van der Waals surface area (Å²) in [5, 5.41) is 5.99. The zero-order valence-corrected chi connectivity index (χ0v) is 11.7. The normalized spacial score (nSPS) is 16.5. The van der Waals surface area contributed by atoms with E-state index in [2.05, 4.69) is 23.4 Å². The Bertz CT molecular complexity index is 383. The van der Waals surface area contributed by atoms with Crippen LogP contribution in [0.5, 0.6) is 0 Å². The maximum absolute atomic E-state index is 6.13. The lowest BCUT2D eigenvalue weighted by Crippen LogP contribution is -2.37. The third-order valence-electron chi connectivity index (χ3n) is 3.12. The molecule has 4 nitrogen and oxygen atoms in total. The Morgan fingerprint density at radius 2 is 1.78 bits per heavy atom. The lowest BCUT2D eigenvalue weighted by atomic mass is 10.2. The average molecular weight is 248 g/mol. The van der Waals surface area contributed by atoms with E-state index in [0.717, 1.165) is 24.1 Å². The summed E-state index contributed by atoms with van der Waals surface area (Å²) in [7, 11) is 0. The summed E-state index contributed by atoms with van der Waals surface area (Å²) in [5.74, 6) is 0.685. The summed E-state index contributed by atoms with van der Waals surface area (Å²) in [4.78, 5) is 4.45. The minimum absolute atomic E-state index is 0.360. The molecule has 100 valence electrons. The van der Waals surface area contributed by atoms with Gasteiger partial charge in [-0.05, 0) is 39.2 Å². The Kier molecular flexibility index (Phi) is 5.13. The van der Waals surface area contributed by atoms with Gasteiger partial charge >= 0.3 is 0 Å². The summed E-state index contributed by atoms with van der Waals surface area (Å²) in [6.45, 7) is 13.3. The number of hydrogen-bond acceptors (Lipinski definition) is 3. The molecule has 0 heterocycles. The van der Waals surface area contributed by atoms with E-state index in [0.29, 0.717) is 17.6 Å². The van der Waals surface area contributed by atoms with E-state index in [1.165, 1.54) is 12.8 Å². The van der Waals surface area contributed by atoms with Crippen LogP contribution in [0.3, 0.4) is 0 Å². The van der Waals surface area contributed by atoms with Gasteiger partial charge in [-0.1, -0.05) is 19.4 Å². The molecule has 0 amide bonds. The van der Waals surface area contributed by atoms with E-state index in [1.807, 2.05) is 25.8 Å². The van der Waals surface area contributed by atoms with Crippen molar-refractivity contribution in [2.45, 2.75) is 52.5 Å². The molecule has 1 aliphatic rings. The van der Waals surface area contributed by atoms with Crippen molar-refractivity contribution in [1.82, 2.24) is 5.01 Å². The van der Waals surface area contributed by atoms with Gasteiger partial charge in [0.05, 0.1) is 11.7 Å². The fraction of sp³-hybridized carbons (Fsp3) is 0.571. The van der Waals surface area contributed by atoms with Crippen LogP contribution in [0.2, 0.25) is 0 Å². The summed E-state index contributed by atoms with van der Waals surface area (Å²) >= 11 is 0. The molecule has 0 atom stereocenters. The van der Waals surface area contributed by atoms with Gasteiger partial charge < -0.3 is 5.73 Å². The van der Waals surface area contributed by atoms with Crippen molar-refractivity contribution in [2.24, 2.45) is 15.8 Å². The number of nitrogens with zero attached hydrogens (tertiary/aromatic N) is 3. The molecule has 0 radical (unpaired) electrons. The minimum Gasteiger partial charge on any atom is -0.396 e. The van der Waals surface area contributed by atoms with Gasteiger partial charge in [0.2, 0.25) is 0 Å². The van der Waals surface area contributed by atoms with E-state index in [1.54, 1.807) is 0 Å². The quantitative estimate of drug-likeness (QED) is 0.472. The second-order valence-electron chi connectivity index (χ2n) is 5.01. The summed E-state index contributed by atoms with van der Waals surface area (Å²) in [6.07, 6.45) is 4.69. The molecule has 1 saturated carbocycles. The van der Waals surface area contributed by atoms with Gasteiger partial charge in [-0.2, -0.15) is 5.10 Å². The average Bonchev–Trinajstić information content (AvgIpc) is 2.80. The molecule has 4 heteroatoms. The molecule has 1 rings (SSSR count). The highest BCUT2D eigenvalue weighted by molar-refractivity contribution is 5.98. The fourth-order valence-electron chi connectivity index (χ4n) is 2.14. The van der Waals surface area contributed by atoms with Crippen LogP contribution in [0, 0.1) is 0 Å². The number of hydrazone groups is 1. The maximum Gasteiger partial charge on any atom is 0.172 e. The van der Waals surface area contributed by atoms with Crippen molar-refractivity contribution in [3.63, 3.8) is 0 Å². The molecule has 1 fully saturated rings. The van der Waals surface area contributed by atoms with Crippen LogP contribution in [0.1, 0.15) is 46.5 Å². The third-order valence-corrected chi connectivity index (χ3v) is 3.12. The minimum atomic E-state index is 0.360. The van der Waals surface area contributed by atoms with E-state index in [-0.39, 0.29) is 0 Å². The van der Waals surface area contributed by atoms with Crippen molar-refractivity contribution < 1.29 is 0 Å². The second kappa shape index (κ2) is 6.38. The van der Waals surface area contributed by atoms with Crippen molar-refractivity contribution in [1.29, 1.82) is 0 Å². The smallest absolute Gasteiger partial charge is 0.172 e. The molecule has 0 saturated heterocycles. The molecule has 0 aliphatic heterocycles. The van der Waals surface area contributed by atoms with Crippen LogP contribution in [0.25, 0.3) is 0 Å². The van der Waals surface area contributed by atoms with E-state index in [4.69, 9.17) is 5.73 Å². The number of aliphatic imine (C=N–C) groups is 1. The molecule has 1 aliphatic carbocycles. The zero-order valence-electron chi connectivity index (χ0n) is 11.7. The summed E-state index contributed by atoms with van der Waals surface area (Å²) in [5.41, 5.74) is 8.55. The van der Waals surface area contributed by atoms with Crippen LogP contribution >= 0.6 is 0 Å². The number of hydrogen-bond donors (Lipinski definition) is 1. The number of allylic oxidation sites excluding steroid dienone is 2. The summed E-state index contributed by atoms with van der Waals surface area (Å²) < 4.78 is 0. The lowest BCUT2D eigenvalue weighted by molar-refractivity contribution is 0.331. The monoisotopic (exact) mass is 248 g/mol. The van der Waals surface area contributed by atoms with Crippen molar-refractivity contribution >= 4 is 12.6 Å². The predicted octanol–water partition coefficient (Wildman–Crippen LogP) is 3.03. The highest BCUT2D eigenvalue weighted by Gasteiger charge is 2.26. The first-order valence-corrected chi connectivity index (χ1v) is 6.40. The zero-order chi connectivity index (χ0) is 13.7. The van der Waals surface area contributed by atoms with Crippen LogP contribution in [0.4, 0.5) is 0 Å². The van der Waals surface area contributed by atoms with Crippen LogP contribution in [-0.4, -0.2) is 23.6 Å². The van der Waals surface area contributed by atoms with E-state index < -0.39 is 0 Å². The predicted molar refractivity (Wildman–Crippen MR) is 78.5 cm³/mol. The number of amidine groups is 1. The largest absolute Gasteiger partial charge is 0.396 e. The Morgan fingerprint density at radius 1 is 1.22 bits per heavy atom. The van der Waals surface area contributed by atoms with E-state index in [9.17, 15) is 0 Å². The molecule has 0 spiro atoms. The maximum atomic E-state index is 6.13. The molecule has 2 N–H and O–H groups in total. The topological polar surface area (TPSA) is 54.0 Å². The lowest BCUT2D eigenvalue weighted by Gasteiger charge is -2.27. The molecule has 0 unspecified atom stereocenters. The van der Waals surface area contributed by atoms with Gasteiger partial charge in [0, 0.05) is 12.4 Å². The number of rotatable bonds is 4. The van der Waals surface area contributed by atoms with Crippen LogP contribution in [0.15, 0.2) is 33.6 Å². The highest BCUT2D eigenvalue weighted by Crippen LogP contribution is 2.25. The third kappa shape index (κ3) is 3.45. The fourth-order valence-corrected chi connectivity index (χ4v) is 2.14. The van der Waals surface area contributed by atoms with Gasteiger partial charge in [-0.3, -0.25) is 0 Å². The van der Waals surface area contributed by atoms with Crippen LogP contribution in [-0.2, 0) is 0 Å². The van der Waals surface area contributed by atoms with Gasteiger partial charge in [-0.25, -0.2) is 10.0 Å². The van der Waals surface area contributed by atoms with Crippen LogP contribution < -0.4 is 5.73 Å².